The molecular formula is C23H23N7O. The van der Waals surface area contributed by atoms with Crippen LogP contribution >= 0.6 is 0 Å². The minimum absolute atomic E-state index is 0.0255. The van der Waals surface area contributed by atoms with E-state index in [1.165, 1.54) is 17.2 Å². The van der Waals surface area contributed by atoms with Crippen molar-refractivity contribution >= 4 is 33.5 Å². The number of nitrogens with zero attached hydrogens (tertiary/aromatic N) is 6. The minimum atomic E-state index is -0.0255. The van der Waals surface area contributed by atoms with E-state index in [0.717, 1.165) is 46.4 Å². The van der Waals surface area contributed by atoms with Crippen molar-refractivity contribution < 1.29 is 4.79 Å². The standard InChI is InChI=1S/C23H23N7O/c1-3-21(31)29-8-10-30(11-9-29)23-16-6-7-24-20(22(16)25-14-26-23)12-17-15(2)4-5-19-18(17)13-27-28-19/h3-7,13-14H,1,8-12H2,2H3,(H,27,28). The predicted octanol–water partition coefficient (Wildman–Crippen LogP) is 2.63. The number of hydrogen-bond acceptors (Lipinski definition) is 6. The van der Waals surface area contributed by atoms with Crippen LogP contribution in [-0.4, -0.2) is 62.1 Å². The molecule has 0 atom stereocenters. The lowest BCUT2D eigenvalue weighted by Gasteiger charge is -2.35. The van der Waals surface area contributed by atoms with Gasteiger partial charge < -0.3 is 9.80 Å². The summed E-state index contributed by atoms with van der Waals surface area (Å²) in [6.07, 6.45) is 7.34. The molecule has 1 aromatic carbocycles. The molecule has 4 heterocycles. The second kappa shape index (κ2) is 7.79. The fourth-order valence-corrected chi connectivity index (χ4v) is 4.27. The Hall–Kier alpha value is -3.81. The monoisotopic (exact) mass is 413 g/mol. The predicted molar refractivity (Wildman–Crippen MR) is 120 cm³/mol. The smallest absolute Gasteiger partial charge is 0.246 e. The molecule has 3 aromatic heterocycles. The lowest BCUT2D eigenvalue weighted by atomic mass is 9.98. The molecule has 1 aliphatic heterocycles. The highest BCUT2D eigenvalue weighted by Gasteiger charge is 2.22. The summed E-state index contributed by atoms with van der Waals surface area (Å²) in [5.74, 6) is 0.861. The van der Waals surface area contributed by atoms with Gasteiger partial charge in [-0.3, -0.25) is 14.9 Å². The summed E-state index contributed by atoms with van der Waals surface area (Å²) in [5, 5.41) is 9.32. The lowest BCUT2D eigenvalue weighted by molar-refractivity contribution is -0.126. The number of pyridine rings is 1. The largest absolute Gasteiger partial charge is 0.352 e. The number of rotatable bonds is 4. The molecule has 1 fully saturated rings. The van der Waals surface area contributed by atoms with Gasteiger partial charge >= 0.3 is 0 Å². The zero-order chi connectivity index (χ0) is 21.4. The molecule has 156 valence electrons. The average Bonchev–Trinajstić information content (AvgIpc) is 3.29. The van der Waals surface area contributed by atoms with Crippen LogP contribution in [0.15, 0.2) is 49.6 Å². The summed E-state index contributed by atoms with van der Waals surface area (Å²) in [6, 6.07) is 6.13. The van der Waals surface area contributed by atoms with Crippen LogP contribution in [0.5, 0.6) is 0 Å². The van der Waals surface area contributed by atoms with Crippen LogP contribution in [0.4, 0.5) is 5.82 Å². The SMILES string of the molecule is C=CC(=O)N1CCN(c2ncnc3c(Cc4c(C)ccc5[nH]ncc45)nccc23)CC1. The van der Waals surface area contributed by atoms with Gasteiger partial charge in [0.25, 0.3) is 0 Å². The first-order chi connectivity index (χ1) is 15.2. The van der Waals surface area contributed by atoms with Crippen LogP contribution in [0.2, 0.25) is 0 Å². The molecule has 5 rings (SSSR count). The summed E-state index contributed by atoms with van der Waals surface area (Å²) in [6.45, 7) is 8.43. The summed E-state index contributed by atoms with van der Waals surface area (Å²) in [7, 11) is 0. The second-order valence-corrected chi connectivity index (χ2v) is 7.74. The van der Waals surface area contributed by atoms with E-state index in [9.17, 15) is 4.79 Å². The number of aromatic nitrogens is 5. The highest BCUT2D eigenvalue weighted by atomic mass is 16.2. The molecule has 4 aromatic rings. The van der Waals surface area contributed by atoms with Gasteiger partial charge in [0.1, 0.15) is 12.1 Å². The van der Waals surface area contributed by atoms with Crippen molar-refractivity contribution in [3.63, 3.8) is 0 Å². The Morgan fingerprint density at radius 1 is 1.13 bits per heavy atom. The van der Waals surface area contributed by atoms with E-state index in [4.69, 9.17) is 0 Å². The number of aromatic amines is 1. The third-order valence-corrected chi connectivity index (χ3v) is 5.99. The van der Waals surface area contributed by atoms with Gasteiger partial charge in [0, 0.05) is 49.6 Å². The highest BCUT2D eigenvalue weighted by Crippen LogP contribution is 2.28. The summed E-state index contributed by atoms with van der Waals surface area (Å²) < 4.78 is 0. The van der Waals surface area contributed by atoms with E-state index in [0.29, 0.717) is 19.5 Å². The van der Waals surface area contributed by atoms with Gasteiger partial charge in [0.05, 0.1) is 22.9 Å². The molecule has 0 saturated carbocycles. The number of H-pyrrole nitrogens is 1. The zero-order valence-corrected chi connectivity index (χ0v) is 17.4. The number of amides is 1. The molecule has 1 aliphatic rings. The first-order valence-electron chi connectivity index (χ1n) is 10.3. The van der Waals surface area contributed by atoms with E-state index < -0.39 is 0 Å². The van der Waals surface area contributed by atoms with Crippen LogP contribution in [0, 0.1) is 6.92 Å². The maximum atomic E-state index is 11.9. The van der Waals surface area contributed by atoms with Gasteiger partial charge in [0.2, 0.25) is 5.91 Å². The summed E-state index contributed by atoms with van der Waals surface area (Å²) in [5.41, 5.74) is 5.19. The van der Waals surface area contributed by atoms with Crippen molar-refractivity contribution in [2.75, 3.05) is 31.1 Å². The van der Waals surface area contributed by atoms with E-state index in [-0.39, 0.29) is 5.91 Å². The van der Waals surface area contributed by atoms with Gasteiger partial charge in [-0.25, -0.2) is 9.97 Å². The average molecular weight is 413 g/mol. The molecule has 0 aliphatic carbocycles. The maximum absolute atomic E-state index is 11.9. The highest BCUT2D eigenvalue weighted by molar-refractivity contribution is 5.92. The molecular weight excluding hydrogens is 390 g/mol. The first-order valence-corrected chi connectivity index (χ1v) is 10.3. The van der Waals surface area contributed by atoms with Gasteiger partial charge in [0.15, 0.2) is 0 Å². The summed E-state index contributed by atoms with van der Waals surface area (Å²) in [4.78, 5) is 29.7. The Bertz CT molecular complexity index is 1290. The van der Waals surface area contributed by atoms with Gasteiger partial charge in [-0.2, -0.15) is 5.10 Å². The van der Waals surface area contributed by atoms with Crippen molar-refractivity contribution in [1.82, 2.24) is 30.0 Å². The number of nitrogens with one attached hydrogen (secondary N) is 1. The molecule has 8 nitrogen and oxygen atoms in total. The Morgan fingerprint density at radius 2 is 1.97 bits per heavy atom. The van der Waals surface area contributed by atoms with Crippen LogP contribution in [0.1, 0.15) is 16.8 Å². The van der Waals surface area contributed by atoms with Crippen LogP contribution < -0.4 is 4.90 Å². The lowest BCUT2D eigenvalue weighted by Crippen LogP contribution is -2.48. The minimum Gasteiger partial charge on any atom is -0.352 e. The third-order valence-electron chi connectivity index (χ3n) is 5.99. The van der Waals surface area contributed by atoms with Crippen LogP contribution in [0.3, 0.4) is 0 Å². The van der Waals surface area contributed by atoms with Gasteiger partial charge in [-0.05, 0) is 36.3 Å². The Labute approximate surface area is 179 Å². The fraction of sp³-hybridized carbons (Fsp3) is 0.261. The molecule has 0 spiro atoms. The fourth-order valence-electron chi connectivity index (χ4n) is 4.27. The zero-order valence-electron chi connectivity index (χ0n) is 17.4. The number of benzene rings is 1. The van der Waals surface area contributed by atoms with E-state index in [1.807, 2.05) is 23.4 Å². The number of anilines is 1. The number of carbonyl (C=O) groups excluding carboxylic acids is 1. The molecule has 31 heavy (non-hydrogen) atoms. The van der Waals surface area contributed by atoms with Crippen molar-refractivity contribution in [2.24, 2.45) is 0 Å². The Kier molecular flexibility index (Phi) is 4.82. The van der Waals surface area contributed by atoms with Gasteiger partial charge in [-0.15, -0.1) is 0 Å². The van der Waals surface area contributed by atoms with Gasteiger partial charge in [-0.1, -0.05) is 12.6 Å². The number of hydrogen-bond donors (Lipinski definition) is 1. The molecule has 1 amide bonds. The number of fused-ring (bicyclic) bond motifs is 2. The summed E-state index contributed by atoms with van der Waals surface area (Å²) >= 11 is 0. The molecule has 0 unspecified atom stereocenters. The van der Waals surface area contributed by atoms with Crippen LogP contribution in [0.25, 0.3) is 21.8 Å². The van der Waals surface area contributed by atoms with Crippen LogP contribution in [-0.2, 0) is 11.2 Å². The quantitative estimate of drug-likeness (QED) is 0.517. The topological polar surface area (TPSA) is 90.9 Å². The number of piperazine rings is 1. The van der Waals surface area contributed by atoms with Crippen molar-refractivity contribution in [3.05, 3.63) is 66.4 Å². The maximum Gasteiger partial charge on any atom is 0.246 e. The van der Waals surface area contributed by atoms with E-state index in [1.54, 1.807) is 6.33 Å². The second-order valence-electron chi connectivity index (χ2n) is 7.74. The van der Waals surface area contributed by atoms with Crippen molar-refractivity contribution in [2.45, 2.75) is 13.3 Å². The normalized spacial score (nSPS) is 14.4. The first kappa shape index (κ1) is 19.2. The Morgan fingerprint density at radius 3 is 2.77 bits per heavy atom. The van der Waals surface area contributed by atoms with E-state index in [2.05, 4.69) is 55.7 Å². The molecule has 0 bridgehead atoms. The van der Waals surface area contributed by atoms with Crippen molar-refractivity contribution in [1.29, 1.82) is 0 Å². The Balaban J connectivity index is 1.50. The molecule has 1 N–H and O–H groups in total. The number of aryl methyl sites for hydroxylation is 1. The van der Waals surface area contributed by atoms with E-state index >= 15 is 0 Å². The van der Waals surface area contributed by atoms with Crippen molar-refractivity contribution in [3.8, 4) is 0 Å². The third kappa shape index (κ3) is 3.39. The molecule has 8 heteroatoms. The number of carbonyl (C=O) groups is 1. The molecule has 0 radical (unpaired) electrons. The molecule has 1 saturated heterocycles.